The van der Waals surface area contributed by atoms with Crippen LogP contribution in [-0.2, 0) is 14.4 Å². The van der Waals surface area contributed by atoms with Crippen molar-refractivity contribution in [3.05, 3.63) is 29.8 Å². The molecule has 0 aromatic heterocycles. The van der Waals surface area contributed by atoms with Gasteiger partial charge in [0, 0.05) is 24.9 Å². The van der Waals surface area contributed by atoms with Gasteiger partial charge in [0.2, 0.25) is 17.7 Å². The van der Waals surface area contributed by atoms with Crippen LogP contribution in [0.1, 0.15) is 25.3 Å². The predicted molar refractivity (Wildman–Crippen MR) is 98.2 cm³/mol. The number of aryl methyl sites for hydroxylation is 1. The molecule has 2 atom stereocenters. The van der Waals surface area contributed by atoms with Crippen LogP contribution in [0, 0.1) is 6.92 Å². The summed E-state index contributed by atoms with van der Waals surface area (Å²) in [5, 5.41) is 2.79. The van der Waals surface area contributed by atoms with E-state index >= 15 is 0 Å². The van der Waals surface area contributed by atoms with Crippen LogP contribution in [-0.4, -0.2) is 57.8 Å². The van der Waals surface area contributed by atoms with Crippen molar-refractivity contribution < 1.29 is 14.4 Å². The van der Waals surface area contributed by atoms with Gasteiger partial charge in [0.05, 0.1) is 11.4 Å². The number of likely N-dealkylation sites (N-methyl/N-ethyl adjacent to an activating group) is 1. The van der Waals surface area contributed by atoms with E-state index in [-0.39, 0.29) is 29.1 Å². The first-order chi connectivity index (χ1) is 11.8. The van der Waals surface area contributed by atoms with Gasteiger partial charge in [-0.25, -0.2) is 0 Å². The van der Waals surface area contributed by atoms with Gasteiger partial charge >= 0.3 is 0 Å². The van der Waals surface area contributed by atoms with Gasteiger partial charge in [-0.2, -0.15) is 0 Å². The maximum absolute atomic E-state index is 12.7. The number of anilines is 1. The second-order valence-electron chi connectivity index (χ2n) is 6.87. The van der Waals surface area contributed by atoms with E-state index in [4.69, 9.17) is 0 Å². The number of hydrogen-bond acceptors (Lipinski definition) is 4. The van der Waals surface area contributed by atoms with Gasteiger partial charge in [-0.15, -0.1) is 11.8 Å². The summed E-state index contributed by atoms with van der Waals surface area (Å²) in [5.41, 5.74) is 1.82. The summed E-state index contributed by atoms with van der Waals surface area (Å²) in [4.78, 5) is 39.9. The van der Waals surface area contributed by atoms with E-state index in [2.05, 4.69) is 5.32 Å². The maximum Gasteiger partial charge on any atom is 0.246 e. The molecule has 2 unspecified atom stereocenters. The minimum absolute atomic E-state index is 0.0309. The van der Waals surface area contributed by atoms with Crippen LogP contribution in [0.25, 0.3) is 0 Å². The fraction of sp³-hybridized carbons (Fsp3) is 0.500. The monoisotopic (exact) mass is 361 g/mol. The molecule has 0 radical (unpaired) electrons. The first-order valence-corrected chi connectivity index (χ1v) is 9.36. The van der Waals surface area contributed by atoms with Crippen molar-refractivity contribution in [1.29, 1.82) is 0 Å². The Morgan fingerprint density at radius 1 is 1.36 bits per heavy atom. The zero-order valence-electron chi connectivity index (χ0n) is 14.7. The summed E-state index contributed by atoms with van der Waals surface area (Å²) in [5.74, 6) is 0.195. The van der Waals surface area contributed by atoms with Crippen molar-refractivity contribution in [1.82, 2.24) is 9.80 Å². The molecule has 134 valence electrons. The van der Waals surface area contributed by atoms with Crippen molar-refractivity contribution in [3.63, 3.8) is 0 Å². The Morgan fingerprint density at radius 2 is 2.04 bits per heavy atom. The lowest BCUT2D eigenvalue weighted by molar-refractivity contribution is -0.143. The van der Waals surface area contributed by atoms with Crippen LogP contribution in [0.4, 0.5) is 5.69 Å². The lowest BCUT2D eigenvalue weighted by atomic mass is 10.2. The summed E-state index contributed by atoms with van der Waals surface area (Å²) < 4.78 is 0. The molecule has 0 spiro atoms. The summed E-state index contributed by atoms with van der Waals surface area (Å²) in [6.07, 6.45) is 1.27. The van der Waals surface area contributed by atoms with Gasteiger partial charge in [-0.3, -0.25) is 14.4 Å². The van der Waals surface area contributed by atoms with Crippen LogP contribution in [0.5, 0.6) is 0 Å². The summed E-state index contributed by atoms with van der Waals surface area (Å²) in [6.45, 7) is 3.96. The number of hydrogen-bond donors (Lipinski definition) is 1. The highest BCUT2D eigenvalue weighted by Gasteiger charge is 2.53. The van der Waals surface area contributed by atoms with Crippen LogP contribution in [0.15, 0.2) is 24.3 Å². The summed E-state index contributed by atoms with van der Waals surface area (Å²) in [7, 11) is 1.61. The number of thioether (sulfide) groups is 1. The van der Waals surface area contributed by atoms with Gasteiger partial charge < -0.3 is 15.1 Å². The molecule has 0 aliphatic carbocycles. The molecule has 3 amide bonds. The van der Waals surface area contributed by atoms with E-state index in [0.717, 1.165) is 12.0 Å². The fourth-order valence-electron chi connectivity index (χ4n) is 3.39. The molecule has 1 aromatic rings. The minimum atomic E-state index is -0.470. The molecular formula is C18H23N3O3S. The Kier molecular flexibility index (Phi) is 4.77. The average molecular weight is 361 g/mol. The van der Waals surface area contributed by atoms with Gasteiger partial charge in [0.25, 0.3) is 0 Å². The quantitative estimate of drug-likeness (QED) is 0.889. The molecule has 6 nitrogen and oxygen atoms in total. The molecule has 1 aromatic carbocycles. The van der Waals surface area contributed by atoms with Crippen LogP contribution >= 0.6 is 11.8 Å². The minimum Gasteiger partial charge on any atom is -0.335 e. The van der Waals surface area contributed by atoms with Gasteiger partial charge in [0.1, 0.15) is 6.04 Å². The highest BCUT2D eigenvalue weighted by atomic mass is 32.2. The fourth-order valence-corrected chi connectivity index (χ4v) is 4.81. The van der Waals surface area contributed by atoms with E-state index in [1.165, 1.54) is 4.90 Å². The molecule has 2 heterocycles. The summed E-state index contributed by atoms with van der Waals surface area (Å²) >= 11 is 1.65. The third-order valence-corrected chi connectivity index (χ3v) is 6.33. The molecule has 25 heavy (non-hydrogen) atoms. The van der Waals surface area contributed by atoms with E-state index in [9.17, 15) is 14.4 Å². The van der Waals surface area contributed by atoms with Crippen LogP contribution in [0.3, 0.4) is 0 Å². The SMILES string of the molecule is Cc1ccc(NC(=O)CN(C)C(=O)C2CSC3(C)CCC(=O)N23)cc1. The van der Waals surface area contributed by atoms with Crippen molar-refractivity contribution in [2.75, 3.05) is 24.7 Å². The predicted octanol–water partition coefficient (Wildman–Crippen LogP) is 1.85. The Morgan fingerprint density at radius 3 is 2.72 bits per heavy atom. The Bertz CT molecular complexity index is 706. The normalized spacial score (nSPS) is 25.0. The molecule has 2 saturated heterocycles. The lowest BCUT2D eigenvalue weighted by Crippen LogP contribution is -2.51. The maximum atomic E-state index is 12.7. The van der Waals surface area contributed by atoms with Crippen molar-refractivity contribution in [2.45, 2.75) is 37.6 Å². The molecule has 2 aliphatic rings. The third kappa shape index (κ3) is 3.51. The van der Waals surface area contributed by atoms with E-state index in [0.29, 0.717) is 17.9 Å². The first-order valence-electron chi connectivity index (χ1n) is 8.38. The summed E-state index contributed by atoms with van der Waals surface area (Å²) in [6, 6.07) is 7.02. The highest BCUT2D eigenvalue weighted by molar-refractivity contribution is 8.01. The Hall–Kier alpha value is -2.02. The number of amides is 3. The van der Waals surface area contributed by atoms with Gasteiger partial charge in [-0.05, 0) is 32.4 Å². The topological polar surface area (TPSA) is 69.7 Å². The van der Waals surface area contributed by atoms with Crippen molar-refractivity contribution in [2.24, 2.45) is 0 Å². The molecule has 3 rings (SSSR count). The lowest BCUT2D eigenvalue weighted by Gasteiger charge is -2.31. The largest absolute Gasteiger partial charge is 0.335 e. The van der Waals surface area contributed by atoms with Crippen molar-refractivity contribution in [3.8, 4) is 0 Å². The number of nitrogens with one attached hydrogen (secondary N) is 1. The zero-order valence-corrected chi connectivity index (χ0v) is 15.6. The van der Waals surface area contributed by atoms with Crippen LogP contribution < -0.4 is 5.32 Å². The second kappa shape index (κ2) is 6.71. The smallest absolute Gasteiger partial charge is 0.246 e. The van der Waals surface area contributed by atoms with Crippen molar-refractivity contribution >= 4 is 35.2 Å². The van der Waals surface area contributed by atoms with Gasteiger partial charge in [0.15, 0.2) is 0 Å². The number of benzene rings is 1. The van der Waals surface area contributed by atoms with E-state index < -0.39 is 6.04 Å². The molecule has 1 N–H and O–H groups in total. The Labute approximate surface area is 151 Å². The average Bonchev–Trinajstić information content (AvgIpc) is 3.05. The number of rotatable bonds is 4. The second-order valence-corrected chi connectivity index (χ2v) is 8.38. The van der Waals surface area contributed by atoms with E-state index in [1.807, 2.05) is 38.1 Å². The molecular weight excluding hydrogens is 338 g/mol. The standard InChI is InChI=1S/C18H23N3O3S/c1-12-4-6-13(7-5-12)19-15(22)10-20(3)17(24)14-11-25-18(2)9-8-16(23)21(14)18/h4-7,14H,8-11H2,1-3H3,(H,19,22). The van der Waals surface area contributed by atoms with Crippen LogP contribution in [0.2, 0.25) is 0 Å². The molecule has 0 bridgehead atoms. The third-order valence-electron chi connectivity index (χ3n) is 4.82. The molecule has 2 fully saturated rings. The van der Waals surface area contributed by atoms with Gasteiger partial charge in [-0.1, -0.05) is 17.7 Å². The first kappa shape index (κ1) is 17.8. The molecule has 7 heteroatoms. The number of fused-ring (bicyclic) bond motifs is 1. The van der Waals surface area contributed by atoms with E-state index in [1.54, 1.807) is 23.7 Å². The number of carbonyl (C=O) groups excluding carboxylic acids is 3. The number of nitrogens with zero attached hydrogens (tertiary/aromatic N) is 2. The number of carbonyl (C=O) groups is 3. The molecule has 2 aliphatic heterocycles. The zero-order chi connectivity index (χ0) is 18.2. The highest BCUT2D eigenvalue weighted by Crippen LogP contribution is 2.47. The Balaban J connectivity index is 1.60. The molecule has 0 saturated carbocycles.